The fourth-order valence-electron chi connectivity index (χ4n) is 2.34. The topological polar surface area (TPSA) is 38.7 Å². The summed E-state index contributed by atoms with van der Waals surface area (Å²) in [5.74, 6) is 1.90. The van der Waals surface area contributed by atoms with E-state index < -0.39 is 0 Å². The Morgan fingerprint density at radius 3 is 2.19 bits per heavy atom. The summed E-state index contributed by atoms with van der Waals surface area (Å²) in [4.78, 5) is 0. The van der Waals surface area contributed by atoms with Gasteiger partial charge in [-0.25, -0.2) is 0 Å². The molecule has 0 heterocycles. The van der Waals surface area contributed by atoms with E-state index in [4.69, 9.17) is 9.47 Å². The van der Waals surface area contributed by atoms with Crippen LogP contribution in [0.2, 0.25) is 0 Å². The number of aliphatic hydroxyl groups excluding tert-OH is 1. The quantitative estimate of drug-likeness (QED) is 0.836. The van der Waals surface area contributed by atoms with E-state index in [9.17, 15) is 5.11 Å². The molecule has 0 bridgehead atoms. The minimum atomic E-state index is -0.369. The van der Waals surface area contributed by atoms with Gasteiger partial charge in [-0.1, -0.05) is 6.92 Å². The lowest BCUT2D eigenvalue weighted by molar-refractivity contribution is 0.151. The zero-order valence-corrected chi connectivity index (χ0v) is 9.99. The molecule has 1 N–H and O–H groups in total. The normalized spacial score (nSPS) is 23.8. The third-order valence-corrected chi connectivity index (χ3v) is 3.35. The minimum absolute atomic E-state index is 0.369. The van der Waals surface area contributed by atoms with E-state index in [1.54, 1.807) is 14.2 Å². The highest BCUT2D eigenvalue weighted by atomic mass is 16.5. The summed E-state index contributed by atoms with van der Waals surface area (Å²) in [7, 11) is 3.25. The monoisotopic (exact) mass is 222 g/mol. The van der Waals surface area contributed by atoms with Crippen molar-refractivity contribution in [2.75, 3.05) is 14.2 Å². The highest BCUT2D eigenvalue weighted by Gasteiger charge is 2.25. The fraction of sp³-hybridized carbons (Fsp3) is 0.538. The number of fused-ring (bicyclic) bond motifs is 1. The van der Waals surface area contributed by atoms with Crippen LogP contribution in [0.1, 0.15) is 42.9 Å². The van der Waals surface area contributed by atoms with Crippen LogP contribution in [0.25, 0.3) is 0 Å². The molecule has 0 amide bonds. The van der Waals surface area contributed by atoms with Crippen LogP contribution in [0.4, 0.5) is 0 Å². The van der Waals surface area contributed by atoms with Crippen molar-refractivity contribution >= 4 is 0 Å². The zero-order chi connectivity index (χ0) is 11.7. The first kappa shape index (κ1) is 11.3. The first-order valence-electron chi connectivity index (χ1n) is 5.61. The van der Waals surface area contributed by atoms with Gasteiger partial charge in [-0.15, -0.1) is 0 Å². The van der Waals surface area contributed by atoms with Gasteiger partial charge in [0.2, 0.25) is 0 Å². The van der Waals surface area contributed by atoms with Gasteiger partial charge in [0.1, 0.15) is 0 Å². The lowest BCUT2D eigenvalue weighted by Crippen LogP contribution is -2.13. The van der Waals surface area contributed by atoms with E-state index >= 15 is 0 Å². The van der Waals surface area contributed by atoms with Crippen LogP contribution in [0, 0.1) is 0 Å². The molecule has 0 aromatic heterocycles. The highest BCUT2D eigenvalue weighted by molar-refractivity contribution is 5.50. The third-order valence-electron chi connectivity index (χ3n) is 3.35. The second-order valence-electron chi connectivity index (χ2n) is 4.33. The summed E-state index contributed by atoms with van der Waals surface area (Å²) in [6.07, 6.45) is 1.47. The van der Waals surface area contributed by atoms with Crippen LogP contribution in [0.15, 0.2) is 12.1 Å². The van der Waals surface area contributed by atoms with Crippen molar-refractivity contribution < 1.29 is 14.6 Å². The van der Waals surface area contributed by atoms with E-state index in [0.29, 0.717) is 11.7 Å². The Morgan fingerprint density at radius 1 is 1.06 bits per heavy atom. The number of methoxy groups -OCH3 is 2. The Kier molecular flexibility index (Phi) is 3.06. The predicted molar refractivity (Wildman–Crippen MR) is 62.2 cm³/mol. The van der Waals surface area contributed by atoms with Crippen molar-refractivity contribution in [3.63, 3.8) is 0 Å². The van der Waals surface area contributed by atoms with Gasteiger partial charge in [-0.3, -0.25) is 0 Å². The minimum Gasteiger partial charge on any atom is -0.493 e. The molecule has 0 spiro atoms. The van der Waals surface area contributed by atoms with Gasteiger partial charge in [0.25, 0.3) is 0 Å². The second-order valence-corrected chi connectivity index (χ2v) is 4.33. The van der Waals surface area contributed by atoms with Crippen LogP contribution in [0.3, 0.4) is 0 Å². The molecular formula is C13H18O3. The molecule has 3 heteroatoms. The molecule has 0 fully saturated rings. The van der Waals surface area contributed by atoms with Crippen molar-refractivity contribution in [1.29, 1.82) is 0 Å². The lowest BCUT2D eigenvalue weighted by atomic mass is 9.82. The summed E-state index contributed by atoms with van der Waals surface area (Å²) >= 11 is 0. The molecule has 3 nitrogen and oxygen atoms in total. The maximum atomic E-state index is 9.97. The van der Waals surface area contributed by atoms with Gasteiger partial charge >= 0.3 is 0 Å². The number of benzene rings is 1. The molecule has 0 saturated heterocycles. The maximum Gasteiger partial charge on any atom is 0.161 e. The summed E-state index contributed by atoms with van der Waals surface area (Å²) in [5.41, 5.74) is 2.16. The van der Waals surface area contributed by atoms with E-state index in [-0.39, 0.29) is 6.10 Å². The molecule has 0 radical (unpaired) electrons. The summed E-state index contributed by atoms with van der Waals surface area (Å²) in [6, 6.07) is 3.88. The Morgan fingerprint density at radius 2 is 1.62 bits per heavy atom. The lowest BCUT2D eigenvalue weighted by Gasteiger charge is -2.27. The van der Waals surface area contributed by atoms with Gasteiger partial charge in [0, 0.05) is 0 Å². The van der Waals surface area contributed by atoms with Gasteiger partial charge in [-0.05, 0) is 42.0 Å². The Balaban J connectivity index is 2.53. The third kappa shape index (κ3) is 1.76. The van der Waals surface area contributed by atoms with E-state index in [1.165, 1.54) is 5.56 Å². The molecule has 1 aliphatic rings. The maximum absolute atomic E-state index is 9.97. The van der Waals surface area contributed by atoms with Crippen LogP contribution in [-0.2, 0) is 0 Å². The average molecular weight is 222 g/mol. The average Bonchev–Trinajstić information content (AvgIpc) is 2.32. The van der Waals surface area contributed by atoms with Crippen LogP contribution >= 0.6 is 0 Å². The molecule has 1 aliphatic carbocycles. The highest BCUT2D eigenvalue weighted by Crippen LogP contribution is 2.42. The first-order valence-corrected chi connectivity index (χ1v) is 5.61. The molecule has 88 valence electrons. The smallest absolute Gasteiger partial charge is 0.161 e. The Bertz CT molecular complexity index is 350. The summed E-state index contributed by atoms with van der Waals surface area (Å²) < 4.78 is 10.5. The number of ether oxygens (including phenoxy) is 2. The van der Waals surface area contributed by atoms with Crippen molar-refractivity contribution in [3.05, 3.63) is 23.3 Å². The summed E-state index contributed by atoms with van der Waals surface area (Å²) in [5, 5.41) is 9.97. The predicted octanol–water partition coefficient (Wildman–Crippen LogP) is 2.63. The van der Waals surface area contributed by atoms with Crippen LogP contribution in [0.5, 0.6) is 11.5 Å². The zero-order valence-electron chi connectivity index (χ0n) is 9.99. The van der Waals surface area contributed by atoms with Crippen molar-refractivity contribution in [2.24, 2.45) is 0 Å². The number of aliphatic hydroxyl groups is 1. The molecule has 1 aromatic rings. The number of hydrogen-bond donors (Lipinski definition) is 1. The van der Waals surface area contributed by atoms with E-state index in [2.05, 4.69) is 6.92 Å². The molecule has 2 atom stereocenters. The first-order chi connectivity index (χ1) is 7.67. The Labute approximate surface area is 96.0 Å². The van der Waals surface area contributed by atoms with Crippen molar-refractivity contribution in [2.45, 2.75) is 31.8 Å². The number of hydrogen-bond acceptors (Lipinski definition) is 3. The largest absolute Gasteiger partial charge is 0.493 e. The number of rotatable bonds is 2. The SMILES string of the molecule is COc1cc2c(cc1OC)[C@H](O)CCC2C. The molecule has 16 heavy (non-hydrogen) atoms. The van der Waals surface area contributed by atoms with E-state index in [0.717, 1.165) is 24.2 Å². The second kappa shape index (κ2) is 4.34. The van der Waals surface area contributed by atoms with Crippen LogP contribution in [-0.4, -0.2) is 19.3 Å². The van der Waals surface area contributed by atoms with Crippen molar-refractivity contribution in [1.82, 2.24) is 0 Å². The molecule has 2 rings (SSSR count). The molecule has 0 aliphatic heterocycles. The van der Waals surface area contributed by atoms with Gasteiger partial charge in [0.15, 0.2) is 11.5 Å². The van der Waals surface area contributed by atoms with Crippen LogP contribution < -0.4 is 9.47 Å². The Hall–Kier alpha value is -1.22. The van der Waals surface area contributed by atoms with Gasteiger partial charge in [0.05, 0.1) is 20.3 Å². The fourth-order valence-corrected chi connectivity index (χ4v) is 2.34. The molecule has 0 saturated carbocycles. The van der Waals surface area contributed by atoms with Gasteiger partial charge in [-0.2, -0.15) is 0 Å². The van der Waals surface area contributed by atoms with E-state index in [1.807, 2.05) is 12.1 Å². The molecular weight excluding hydrogens is 204 g/mol. The van der Waals surface area contributed by atoms with Crippen molar-refractivity contribution in [3.8, 4) is 11.5 Å². The van der Waals surface area contributed by atoms with Gasteiger partial charge < -0.3 is 14.6 Å². The summed E-state index contributed by atoms with van der Waals surface area (Å²) in [6.45, 7) is 2.18. The standard InChI is InChI=1S/C13H18O3/c1-8-4-5-11(14)10-7-13(16-3)12(15-2)6-9(8)10/h6-8,11,14H,4-5H2,1-3H3/t8?,11-/m1/s1. The molecule has 1 aromatic carbocycles. The molecule has 1 unspecified atom stereocenters.